The van der Waals surface area contributed by atoms with E-state index in [2.05, 4.69) is 28.1 Å². The van der Waals surface area contributed by atoms with Crippen molar-refractivity contribution in [3.8, 4) is 0 Å². The van der Waals surface area contributed by atoms with Gasteiger partial charge in [-0.3, -0.25) is 9.59 Å². The Bertz CT molecular complexity index is 1210. The fourth-order valence-corrected chi connectivity index (χ4v) is 6.46. The number of benzene rings is 1. The second-order valence-electron chi connectivity index (χ2n) is 9.33. The number of aromatic amines is 1. The molecule has 0 saturated carbocycles. The van der Waals surface area contributed by atoms with Gasteiger partial charge in [-0.05, 0) is 62.1 Å². The van der Waals surface area contributed by atoms with Crippen LogP contribution in [0.5, 0.6) is 0 Å². The average Bonchev–Trinajstić information content (AvgIpc) is 3.22. The van der Waals surface area contributed by atoms with E-state index in [0.29, 0.717) is 25.2 Å². The minimum absolute atomic E-state index is 0.0503. The first-order valence-corrected chi connectivity index (χ1v) is 13.0. The lowest BCUT2D eigenvalue weighted by Crippen LogP contribution is -2.32. The molecule has 174 valence electrons. The van der Waals surface area contributed by atoms with Crippen molar-refractivity contribution in [2.45, 2.75) is 64.3 Å². The highest BCUT2D eigenvalue weighted by Crippen LogP contribution is 2.33. The third-order valence-electron chi connectivity index (χ3n) is 6.97. The smallest absolute Gasteiger partial charge is 0.259 e. The lowest BCUT2D eigenvalue weighted by atomic mass is 9.97. The molecule has 1 amide bonds. The minimum atomic E-state index is -0.0503. The van der Waals surface area contributed by atoms with E-state index in [4.69, 9.17) is 4.98 Å². The Labute approximate surface area is 198 Å². The topological polar surface area (TPSA) is 69.3 Å². The molecule has 7 heteroatoms. The molecule has 5 rings (SSSR count). The van der Waals surface area contributed by atoms with Crippen molar-refractivity contribution in [1.82, 2.24) is 14.9 Å². The van der Waals surface area contributed by atoms with Gasteiger partial charge in [0.2, 0.25) is 5.91 Å². The van der Waals surface area contributed by atoms with Crippen molar-refractivity contribution in [2.75, 3.05) is 25.0 Å². The summed E-state index contributed by atoms with van der Waals surface area (Å²) in [5.74, 6) is 0.679. The van der Waals surface area contributed by atoms with E-state index in [1.807, 2.05) is 13.1 Å². The van der Waals surface area contributed by atoms with E-state index >= 15 is 0 Å². The number of aromatic nitrogens is 2. The van der Waals surface area contributed by atoms with Crippen LogP contribution in [-0.2, 0) is 30.6 Å². The molecule has 3 heterocycles. The molecule has 0 atom stereocenters. The van der Waals surface area contributed by atoms with E-state index < -0.39 is 0 Å². The van der Waals surface area contributed by atoms with Crippen LogP contribution >= 0.6 is 11.3 Å². The minimum Gasteiger partial charge on any atom is -0.371 e. The number of hydrogen-bond acceptors (Lipinski definition) is 5. The van der Waals surface area contributed by atoms with Crippen molar-refractivity contribution in [2.24, 2.45) is 0 Å². The molecule has 33 heavy (non-hydrogen) atoms. The van der Waals surface area contributed by atoms with Gasteiger partial charge >= 0.3 is 0 Å². The number of anilines is 1. The second kappa shape index (κ2) is 9.67. The number of H-pyrrole nitrogens is 1. The lowest BCUT2D eigenvalue weighted by molar-refractivity contribution is -0.130. The van der Waals surface area contributed by atoms with Crippen LogP contribution < -0.4 is 10.5 Å². The summed E-state index contributed by atoms with van der Waals surface area (Å²) < 4.78 is 0. The maximum absolute atomic E-state index is 12.9. The van der Waals surface area contributed by atoms with Gasteiger partial charge in [0.15, 0.2) is 0 Å². The van der Waals surface area contributed by atoms with Crippen LogP contribution in [0.25, 0.3) is 10.2 Å². The van der Waals surface area contributed by atoms with Crippen LogP contribution in [-0.4, -0.2) is 40.9 Å². The summed E-state index contributed by atoms with van der Waals surface area (Å²) in [4.78, 5) is 39.7. The van der Waals surface area contributed by atoms with Gasteiger partial charge in [-0.15, -0.1) is 11.3 Å². The molecule has 6 nitrogen and oxygen atoms in total. The summed E-state index contributed by atoms with van der Waals surface area (Å²) in [7, 11) is 1.86. The summed E-state index contributed by atoms with van der Waals surface area (Å²) in [5, 5.41) is 0.774. The van der Waals surface area contributed by atoms with Gasteiger partial charge in [0, 0.05) is 50.1 Å². The number of hydrogen-bond donors (Lipinski definition) is 1. The largest absolute Gasteiger partial charge is 0.371 e. The number of nitrogens with one attached hydrogen (secondary N) is 1. The van der Waals surface area contributed by atoms with E-state index in [9.17, 15) is 9.59 Å². The fourth-order valence-electron chi connectivity index (χ4n) is 5.17. The van der Waals surface area contributed by atoms with Gasteiger partial charge in [-0.25, -0.2) is 4.98 Å². The molecular formula is C26H32N4O2S. The zero-order valence-corrected chi connectivity index (χ0v) is 20.2. The van der Waals surface area contributed by atoms with E-state index in [0.717, 1.165) is 42.6 Å². The molecule has 1 aliphatic heterocycles. The number of carbonyl (C=O) groups is 1. The summed E-state index contributed by atoms with van der Waals surface area (Å²) in [6.45, 7) is 2.76. The van der Waals surface area contributed by atoms with Gasteiger partial charge in [-0.1, -0.05) is 18.2 Å². The molecule has 2 aromatic heterocycles. The first kappa shape index (κ1) is 22.1. The SMILES string of the molecule is CN(Cc1ccccc1N1CCCCC1)C(=O)CCc1nc2sc3c(c2c(=O)[nH]1)CCCC3. The van der Waals surface area contributed by atoms with Crippen molar-refractivity contribution in [3.63, 3.8) is 0 Å². The van der Waals surface area contributed by atoms with Crippen LogP contribution in [0, 0.1) is 0 Å². The quantitative estimate of drug-likeness (QED) is 0.585. The summed E-state index contributed by atoms with van der Waals surface area (Å²) in [6, 6.07) is 8.42. The summed E-state index contributed by atoms with van der Waals surface area (Å²) in [5.41, 5.74) is 3.58. The first-order chi connectivity index (χ1) is 16.1. The predicted octanol–water partition coefficient (Wildman–Crippen LogP) is 4.44. The number of carbonyl (C=O) groups excluding carboxylic acids is 1. The Morgan fingerprint density at radius 1 is 1.12 bits per heavy atom. The molecule has 1 N–H and O–H groups in total. The Kier molecular flexibility index (Phi) is 6.49. The highest BCUT2D eigenvalue weighted by atomic mass is 32.1. The molecule has 1 aromatic carbocycles. The van der Waals surface area contributed by atoms with Crippen molar-refractivity contribution >= 4 is 33.1 Å². The van der Waals surface area contributed by atoms with Gasteiger partial charge in [0.25, 0.3) is 5.56 Å². The van der Waals surface area contributed by atoms with Gasteiger partial charge in [0.05, 0.1) is 5.39 Å². The monoisotopic (exact) mass is 464 g/mol. The maximum Gasteiger partial charge on any atom is 0.259 e. The van der Waals surface area contributed by atoms with Gasteiger partial charge in [-0.2, -0.15) is 0 Å². The lowest BCUT2D eigenvalue weighted by Gasteiger charge is -2.31. The average molecular weight is 465 g/mol. The van der Waals surface area contributed by atoms with Crippen molar-refractivity contribution < 1.29 is 4.79 Å². The van der Waals surface area contributed by atoms with E-state index in [1.165, 1.54) is 47.4 Å². The Morgan fingerprint density at radius 2 is 1.91 bits per heavy atom. The Balaban J connectivity index is 1.25. The van der Waals surface area contributed by atoms with Crippen molar-refractivity contribution in [1.29, 1.82) is 0 Å². The second-order valence-corrected chi connectivity index (χ2v) is 10.4. The standard InChI is InChI=1S/C26H32N4O2S/c1-29(17-18-9-3-5-11-20(18)30-15-7-2-8-16-30)23(31)14-13-22-27-25(32)24-19-10-4-6-12-21(19)33-26(24)28-22/h3,5,9,11H,2,4,6-8,10,12-17H2,1H3,(H,27,28,32). The number of nitrogens with zero attached hydrogens (tertiary/aromatic N) is 3. The third-order valence-corrected chi connectivity index (χ3v) is 8.16. The Morgan fingerprint density at radius 3 is 2.76 bits per heavy atom. The molecule has 0 radical (unpaired) electrons. The number of thiophene rings is 1. The molecular weight excluding hydrogens is 432 g/mol. The van der Waals surface area contributed by atoms with Gasteiger partial charge in [0.1, 0.15) is 10.7 Å². The van der Waals surface area contributed by atoms with Crippen LogP contribution in [0.2, 0.25) is 0 Å². The molecule has 1 saturated heterocycles. The highest BCUT2D eigenvalue weighted by Gasteiger charge is 2.21. The van der Waals surface area contributed by atoms with Gasteiger partial charge < -0.3 is 14.8 Å². The normalized spacial score (nSPS) is 16.1. The molecule has 1 aliphatic carbocycles. The summed E-state index contributed by atoms with van der Waals surface area (Å²) in [6.07, 6.45) is 8.89. The van der Waals surface area contributed by atoms with Crippen molar-refractivity contribution in [3.05, 3.63) is 56.4 Å². The third kappa shape index (κ3) is 4.69. The zero-order valence-electron chi connectivity index (χ0n) is 19.4. The number of piperidine rings is 1. The van der Waals surface area contributed by atoms with Crippen LogP contribution in [0.15, 0.2) is 29.1 Å². The number of aryl methyl sites for hydroxylation is 3. The maximum atomic E-state index is 12.9. The summed E-state index contributed by atoms with van der Waals surface area (Å²) >= 11 is 1.65. The van der Waals surface area contributed by atoms with Crippen LogP contribution in [0.4, 0.5) is 5.69 Å². The molecule has 0 bridgehead atoms. The highest BCUT2D eigenvalue weighted by molar-refractivity contribution is 7.18. The van der Waals surface area contributed by atoms with Crippen LogP contribution in [0.1, 0.15) is 60.4 Å². The number of para-hydroxylation sites is 1. The van der Waals surface area contributed by atoms with Crippen LogP contribution in [0.3, 0.4) is 0 Å². The molecule has 3 aromatic rings. The molecule has 1 fully saturated rings. The first-order valence-electron chi connectivity index (χ1n) is 12.2. The number of amides is 1. The fraction of sp³-hybridized carbons (Fsp3) is 0.500. The molecule has 0 spiro atoms. The number of rotatable bonds is 6. The predicted molar refractivity (Wildman–Crippen MR) is 134 cm³/mol. The Hall–Kier alpha value is -2.67. The van der Waals surface area contributed by atoms with E-state index in [1.54, 1.807) is 16.2 Å². The number of fused-ring (bicyclic) bond motifs is 3. The zero-order chi connectivity index (χ0) is 22.8. The molecule has 2 aliphatic rings. The molecule has 0 unspecified atom stereocenters. The van der Waals surface area contributed by atoms with E-state index in [-0.39, 0.29) is 11.5 Å².